The molecule has 1 saturated heterocycles. The third kappa shape index (κ3) is 3.19. The number of fused-ring (bicyclic) bond motifs is 1. The lowest BCUT2D eigenvalue weighted by atomic mass is 10.1. The Morgan fingerprint density at radius 2 is 1.93 bits per heavy atom. The summed E-state index contributed by atoms with van der Waals surface area (Å²) >= 11 is 0. The summed E-state index contributed by atoms with van der Waals surface area (Å²) in [7, 11) is 0. The number of ether oxygens (including phenoxy) is 2. The summed E-state index contributed by atoms with van der Waals surface area (Å²) < 4.78 is 12.7. The van der Waals surface area contributed by atoms with Crippen LogP contribution in [0.1, 0.15) is 11.8 Å². The number of benzene rings is 1. The lowest BCUT2D eigenvalue weighted by molar-refractivity contribution is -0.0511. The third-order valence-corrected chi connectivity index (χ3v) is 4.42. The molecule has 1 aromatic carbocycles. The lowest BCUT2D eigenvalue weighted by Gasteiger charge is -2.16. The number of nitrogens with two attached hydrogens (primary N) is 1. The Labute approximate surface area is 153 Å². The minimum absolute atomic E-state index is 0.0287. The topological polar surface area (TPSA) is 149 Å². The Hall–Kier alpha value is -2.79. The fraction of sp³-hybridized carbons (Fsp3) is 0.353. The number of imidazole rings is 1. The zero-order chi connectivity index (χ0) is 19.0. The van der Waals surface area contributed by atoms with E-state index < -0.39 is 31.1 Å². The van der Waals surface area contributed by atoms with Crippen molar-refractivity contribution in [1.29, 1.82) is 0 Å². The van der Waals surface area contributed by atoms with Crippen molar-refractivity contribution in [3.8, 4) is 5.88 Å². The summed E-state index contributed by atoms with van der Waals surface area (Å²) in [6, 6.07) is 9.55. The second-order valence-electron chi connectivity index (χ2n) is 6.21. The van der Waals surface area contributed by atoms with Gasteiger partial charge in [-0.1, -0.05) is 30.3 Å². The van der Waals surface area contributed by atoms with E-state index in [1.165, 1.54) is 10.9 Å². The van der Waals surface area contributed by atoms with Crippen LogP contribution in [-0.2, 0) is 11.3 Å². The predicted octanol–water partition coefficient (Wildman–Crippen LogP) is -0.401. The fourth-order valence-electron chi connectivity index (χ4n) is 3.03. The van der Waals surface area contributed by atoms with Crippen molar-refractivity contribution >= 4 is 17.1 Å². The fourth-order valence-corrected chi connectivity index (χ4v) is 3.03. The summed E-state index contributed by atoms with van der Waals surface area (Å²) in [5.74, 6) is 0.172. The maximum absolute atomic E-state index is 10.2. The van der Waals surface area contributed by atoms with Gasteiger partial charge >= 0.3 is 0 Å². The molecule has 27 heavy (non-hydrogen) atoms. The first-order valence-corrected chi connectivity index (χ1v) is 8.37. The van der Waals surface area contributed by atoms with E-state index in [0.717, 1.165) is 5.56 Å². The van der Waals surface area contributed by atoms with E-state index in [2.05, 4.69) is 15.0 Å². The van der Waals surface area contributed by atoms with Gasteiger partial charge in [0, 0.05) is 0 Å². The van der Waals surface area contributed by atoms with Gasteiger partial charge in [0.1, 0.15) is 24.9 Å². The summed E-state index contributed by atoms with van der Waals surface area (Å²) in [5, 5.41) is 29.5. The summed E-state index contributed by atoms with van der Waals surface area (Å²) in [5.41, 5.74) is 7.39. The first-order valence-electron chi connectivity index (χ1n) is 8.37. The number of aromatic nitrogens is 4. The molecule has 142 valence electrons. The van der Waals surface area contributed by atoms with Crippen LogP contribution in [0.25, 0.3) is 11.2 Å². The molecule has 0 amide bonds. The number of nitrogens with zero attached hydrogens (tertiary/aromatic N) is 4. The van der Waals surface area contributed by atoms with Gasteiger partial charge in [-0.15, -0.1) is 0 Å². The molecule has 3 heterocycles. The van der Waals surface area contributed by atoms with Gasteiger partial charge < -0.3 is 30.5 Å². The van der Waals surface area contributed by atoms with Crippen molar-refractivity contribution in [3.05, 3.63) is 42.2 Å². The standard InChI is InChI=1S/C17H19N5O5/c18-17-20-14-11(15(21-17)26-7-9-4-2-1-3-5-9)19-8-22(14)16-13(25)12(24)10(6-23)27-16/h1-5,8,10,12-13,16,23-25H,6-7H2,(H2,18,20,21)/t10-,12-,13-,16?/m1/s1. The van der Waals surface area contributed by atoms with Crippen LogP contribution in [0.15, 0.2) is 36.7 Å². The van der Waals surface area contributed by atoms with E-state index in [9.17, 15) is 15.3 Å². The molecule has 1 fully saturated rings. The zero-order valence-electron chi connectivity index (χ0n) is 14.2. The van der Waals surface area contributed by atoms with Gasteiger partial charge in [-0.2, -0.15) is 9.97 Å². The maximum Gasteiger partial charge on any atom is 0.247 e. The van der Waals surface area contributed by atoms with Crippen LogP contribution in [0.2, 0.25) is 0 Å². The van der Waals surface area contributed by atoms with Gasteiger partial charge in [0.05, 0.1) is 12.9 Å². The van der Waals surface area contributed by atoms with E-state index in [-0.39, 0.29) is 18.4 Å². The van der Waals surface area contributed by atoms with Crippen LogP contribution < -0.4 is 10.5 Å². The second kappa shape index (κ2) is 7.08. The van der Waals surface area contributed by atoms with E-state index in [1.54, 1.807) is 0 Å². The quantitative estimate of drug-likeness (QED) is 0.468. The first kappa shape index (κ1) is 17.6. The Morgan fingerprint density at radius 1 is 1.15 bits per heavy atom. The Kier molecular flexibility index (Phi) is 4.62. The van der Waals surface area contributed by atoms with Crippen LogP contribution in [0.3, 0.4) is 0 Å². The molecule has 2 aromatic heterocycles. The predicted molar refractivity (Wildman–Crippen MR) is 93.5 cm³/mol. The van der Waals surface area contributed by atoms with E-state index >= 15 is 0 Å². The Balaban J connectivity index is 1.66. The van der Waals surface area contributed by atoms with Crippen molar-refractivity contribution in [3.63, 3.8) is 0 Å². The van der Waals surface area contributed by atoms with Crippen LogP contribution >= 0.6 is 0 Å². The summed E-state index contributed by atoms with van der Waals surface area (Å²) in [4.78, 5) is 12.5. The molecule has 1 aliphatic rings. The Morgan fingerprint density at radius 3 is 2.63 bits per heavy atom. The van der Waals surface area contributed by atoms with Crippen LogP contribution in [0.5, 0.6) is 5.88 Å². The molecular formula is C17H19N5O5. The number of aliphatic hydroxyl groups excluding tert-OH is 3. The second-order valence-corrected chi connectivity index (χ2v) is 6.21. The molecule has 0 aliphatic carbocycles. The molecule has 1 aliphatic heterocycles. The highest BCUT2D eigenvalue weighted by atomic mass is 16.6. The minimum atomic E-state index is -1.26. The van der Waals surface area contributed by atoms with Gasteiger partial charge in [-0.3, -0.25) is 4.57 Å². The number of anilines is 1. The maximum atomic E-state index is 10.2. The van der Waals surface area contributed by atoms with Gasteiger partial charge in [0.2, 0.25) is 11.8 Å². The van der Waals surface area contributed by atoms with Gasteiger partial charge in [0.25, 0.3) is 0 Å². The molecule has 3 aromatic rings. The van der Waals surface area contributed by atoms with E-state index in [4.69, 9.17) is 15.2 Å². The molecule has 0 saturated carbocycles. The molecule has 10 nitrogen and oxygen atoms in total. The normalized spacial score (nSPS) is 25.1. The third-order valence-electron chi connectivity index (χ3n) is 4.42. The smallest absolute Gasteiger partial charge is 0.247 e. The highest BCUT2D eigenvalue weighted by Crippen LogP contribution is 2.33. The number of hydrogen-bond donors (Lipinski definition) is 4. The molecule has 0 spiro atoms. The average Bonchev–Trinajstić information content (AvgIpc) is 3.22. The molecule has 10 heteroatoms. The molecule has 4 atom stereocenters. The molecule has 1 unspecified atom stereocenters. The van der Waals surface area contributed by atoms with Crippen molar-refractivity contribution < 1.29 is 24.8 Å². The largest absolute Gasteiger partial charge is 0.471 e. The average molecular weight is 373 g/mol. The number of aliphatic hydroxyl groups is 3. The summed E-state index contributed by atoms with van der Waals surface area (Å²) in [6.07, 6.45) is -2.97. The first-order chi connectivity index (χ1) is 13.1. The Bertz CT molecular complexity index is 934. The van der Waals surface area contributed by atoms with Crippen molar-refractivity contribution in [2.24, 2.45) is 0 Å². The molecule has 4 rings (SSSR count). The SMILES string of the molecule is Nc1nc(OCc2ccccc2)c2ncn(C3O[C@H](CO)[C@@H](O)[C@H]3O)c2n1. The molecule has 5 N–H and O–H groups in total. The number of nitrogen functional groups attached to an aromatic ring is 1. The highest BCUT2D eigenvalue weighted by molar-refractivity contribution is 5.77. The van der Waals surface area contributed by atoms with E-state index in [1.807, 2.05) is 30.3 Å². The van der Waals surface area contributed by atoms with Crippen LogP contribution in [-0.4, -0.2) is 59.8 Å². The van der Waals surface area contributed by atoms with E-state index in [0.29, 0.717) is 11.2 Å². The van der Waals surface area contributed by atoms with Gasteiger partial charge in [-0.25, -0.2) is 4.98 Å². The van der Waals surface area contributed by atoms with Gasteiger partial charge in [-0.05, 0) is 5.56 Å². The van der Waals surface area contributed by atoms with Crippen molar-refractivity contribution in [2.45, 2.75) is 31.1 Å². The minimum Gasteiger partial charge on any atom is -0.471 e. The van der Waals surface area contributed by atoms with Crippen molar-refractivity contribution in [2.75, 3.05) is 12.3 Å². The molecule has 0 bridgehead atoms. The number of hydrogen-bond acceptors (Lipinski definition) is 9. The lowest BCUT2D eigenvalue weighted by Crippen LogP contribution is -2.33. The number of rotatable bonds is 5. The van der Waals surface area contributed by atoms with Gasteiger partial charge in [0.15, 0.2) is 17.4 Å². The van der Waals surface area contributed by atoms with Crippen molar-refractivity contribution in [1.82, 2.24) is 19.5 Å². The zero-order valence-corrected chi connectivity index (χ0v) is 14.2. The molecule has 0 radical (unpaired) electrons. The van der Waals surface area contributed by atoms with Crippen LogP contribution in [0.4, 0.5) is 5.95 Å². The summed E-state index contributed by atoms with van der Waals surface area (Å²) in [6.45, 7) is -0.156. The molecular weight excluding hydrogens is 354 g/mol. The van der Waals surface area contributed by atoms with Crippen LogP contribution in [0, 0.1) is 0 Å². The monoisotopic (exact) mass is 373 g/mol. The highest BCUT2D eigenvalue weighted by Gasteiger charge is 2.44.